The highest BCUT2D eigenvalue weighted by Crippen LogP contribution is 2.35. The van der Waals surface area contributed by atoms with Crippen LogP contribution in [-0.2, 0) is 27.7 Å². The molecule has 0 radical (unpaired) electrons. The molecule has 0 fully saturated rings. The summed E-state index contributed by atoms with van der Waals surface area (Å²) < 4.78 is 25.9. The van der Waals surface area contributed by atoms with Crippen LogP contribution in [-0.4, -0.2) is 25.2 Å². The number of sulfonamides is 1. The van der Waals surface area contributed by atoms with Crippen molar-refractivity contribution in [2.75, 3.05) is 11.1 Å². The summed E-state index contributed by atoms with van der Waals surface area (Å²) in [7, 11) is -3.93. The summed E-state index contributed by atoms with van der Waals surface area (Å²) in [6.07, 6.45) is 4.17. The van der Waals surface area contributed by atoms with Crippen molar-refractivity contribution in [3.05, 3.63) is 46.5 Å². The summed E-state index contributed by atoms with van der Waals surface area (Å²) in [4.78, 5) is 29.5. The molecular formula is C20H20N4O4S2. The predicted octanol–water partition coefficient (Wildman–Crippen LogP) is 2.83. The van der Waals surface area contributed by atoms with Gasteiger partial charge in [-0.25, -0.2) is 18.1 Å². The van der Waals surface area contributed by atoms with Crippen molar-refractivity contribution in [2.24, 2.45) is 0 Å². The van der Waals surface area contributed by atoms with Gasteiger partial charge >= 0.3 is 0 Å². The molecule has 0 saturated heterocycles. The van der Waals surface area contributed by atoms with Gasteiger partial charge in [-0.1, -0.05) is 0 Å². The maximum absolute atomic E-state index is 12.8. The molecule has 0 aliphatic heterocycles. The van der Waals surface area contributed by atoms with E-state index in [4.69, 9.17) is 10.7 Å². The molecule has 1 aliphatic carbocycles. The van der Waals surface area contributed by atoms with E-state index in [0.717, 1.165) is 48.5 Å². The highest BCUT2D eigenvalue weighted by Gasteiger charge is 2.21. The van der Waals surface area contributed by atoms with Gasteiger partial charge in [-0.2, -0.15) is 0 Å². The van der Waals surface area contributed by atoms with Gasteiger partial charge in [0.05, 0.1) is 10.6 Å². The van der Waals surface area contributed by atoms with Crippen molar-refractivity contribution < 1.29 is 18.0 Å². The van der Waals surface area contributed by atoms with Crippen LogP contribution in [0.3, 0.4) is 0 Å². The van der Waals surface area contributed by atoms with E-state index in [-0.39, 0.29) is 10.8 Å². The number of nitrogens with zero attached hydrogens (tertiary/aromatic N) is 1. The Morgan fingerprint density at radius 2 is 1.83 bits per heavy atom. The van der Waals surface area contributed by atoms with Gasteiger partial charge in [-0.05, 0) is 61.6 Å². The molecule has 0 spiro atoms. The molecule has 156 valence electrons. The van der Waals surface area contributed by atoms with E-state index in [1.807, 2.05) is 10.8 Å². The number of fused-ring (bicyclic) bond motifs is 2. The number of benzene rings is 1. The highest BCUT2D eigenvalue weighted by molar-refractivity contribution is 7.90. The van der Waals surface area contributed by atoms with E-state index >= 15 is 0 Å². The number of aromatic nitrogens is 1. The largest absolute Gasteiger partial charge is 0.397 e. The first kappa shape index (κ1) is 20.3. The molecule has 0 atom stereocenters. The first-order valence-corrected chi connectivity index (χ1v) is 11.7. The molecule has 1 aliphatic rings. The third kappa shape index (κ3) is 3.88. The second-order valence-electron chi connectivity index (χ2n) is 7.14. The van der Waals surface area contributed by atoms with Crippen LogP contribution in [0.2, 0.25) is 0 Å². The number of anilines is 2. The van der Waals surface area contributed by atoms with Gasteiger partial charge in [0.1, 0.15) is 9.71 Å². The lowest BCUT2D eigenvalue weighted by Gasteiger charge is -2.14. The number of hydrogen-bond acceptors (Lipinski definition) is 7. The van der Waals surface area contributed by atoms with Gasteiger partial charge in [0, 0.05) is 23.7 Å². The van der Waals surface area contributed by atoms with E-state index in [9.17, 15) is 18.0 Å². The van der Waals surface area contributed by atoms with Crippen LogP contribution in [0, 0.1) is 0 Å². The summed E-state index contributed by atoms with van der Waals surface area (Å²) in [5, 5.41) is 3.52. The molecule has 2 amide bonds. The zero-order chi connectivity index (χ0) is 21.5. The lowest BCUT2D eigenvalue weighted by atomic mass is 9.95. The average Bonchev–Trinajstić information content (AvgIpc) is 3.01. The number of nitrogen functional groups attached to an aromatic ring is 1. The zero-order valence-electron chi connectivity index (χ0n) is 16.2. The quantitative estimate of drug-likeness (QED) is 0.567. The Morgan fingerprint density at radius 1 is 1.13 bits per heavy atom. The van der Waals surface area contributed by atoms with Crippen LogP contribution in [0.1, 0.15) is 40.7 Å². The number of nitrogens with two attached hydrogens (primary N) is 1. The second-order valence-corrected chi connectivity index (χ2v) is 9.82. The minimum atomic E-state index is -3.93. The fourth-order valence-corrected chi connectivity index (χ4v) is 5.46. The van der Waals surface area contributed by atoms with Crippen LogP contribution >= 0.6 is 11.3 Å². The summed E-state index contributed by atoms with van der Waals surface area (Å²) in [6, 6.07) is 7.57. The average molecular weight is 445 g/mol. The molecule has 10 heteroatoms. The number of rotatable bonds is 4. The number of amides is 2. The summed E-state index contributed by atoms with van der Waals surface area (Å²) in [5.41, 5.74) is 9.33. The van der Waals surface area contributed by atoms with Gasteiger partial charge in [0.15, 0.2) is 0 Å². The van der Waals surface area contributed by atoms with Crippen molar-refractivity contribution in [3.63, 3.8) is 0 Å². The summed E-state index contributed by atoms with van der Waals surface area (Å²) in [6.45, 7) is 1.12. The lowest BCUT2D eigenvalue weighted by molar-refractivity contribution is -0.117. The fourth-order valence-electron chi connectivity index (χ4n) is 3.48. The van der Waals surface area contributed by atoms with Crippen LogP contribution < -0.4 is 15.8 Å². The molecule has 2 heterocycles. The molecule has 0 unspecified atom stereocenters. The van der Waals surface area contributed by atoms with Crippen molar-refractivity contribution in [1.82, 2.24) is 9.71 Å². The fraction of sp³-hybridized carbons (Fsp3) is 0.250. The Morgan fingerprint density at radius 3 is 2.53 bits per heavy atom. The topological polar surface area (TPSA) is 131 Å². The Bertz CT molecular complexity index is 1260. The molecule has 30 heavy (non-hydrogen) atoms. The Labute approximate surface area is 177 Å². The number of carbonyl (C=O) groups excluding carboxylic acids is 2. The molecule has 2 aromatic heterocycles. The van der Waals surface area contributed by atoms with Gasteiger partial charge < -0.3 is 11.1 Å². The lowest BCUT2D eigenvalue weighted by Crippen LogP contribution is -2.28. The maximum Gasteiger partial charge on any atom is 0.267 e. The number of hydrogen-bond donors (Lipinski definition) is 3. The minimum Gasteiger partial charge on any atom is -0.397 e. The Balaban J connectivity index is 1.57. The molecular weight excluding hydrogens is 424 g/mol. The second kappa shape index (κ2) is 7.69. The molecule has 4 rings (SSSR count). The number of thiophene rings is 1. The van der Waals surface area contributed by atoms with Crippen LogP contribution in [0.4, 0.5) is 11.4 Å². The van der Waals surface area contributed by atoms with Crippen LogP contribution in [0.25, 0.3) is 10.2 Å². The first-order valence-electron chi connectivity index (χ1n) is 9.40. The number of nitrogens with one attached hydrogen (secondary N) is 2. The van der Waals surface area contributed by atoms with Crippen LogP contribution in [0.5, 0.6) is 0 Å². The molecule has 4 N–H and O–H groups in total. The maximum atomic E-state index is 12.8. The molecule has 1 aromatic carbocycles. The van der Waals surface area contributed by atoms with E-state index in [1.165, 1.54) is 41.2 Å². The van der Waals surface area contributed by atoms with Gasteiger partial charge in [-0.3, -0.25) is 9.59 Å². The third-order valence-electron chi connectivity index (χ3n) is 4.91. The molecule has 8 nitrogen and oxygen atoms in total. The Kier molecular flexibility index (Phi) is 5.20. The third-order valence-corrected chi connectivity index (χ3v) is 7.47. The van der Waals surface area contributed by atoms with Crippen LogP contribution in [0.15, 0.2) is 35.2 Å². The van der Waals surface area contributed by atoms with Gasteiger partial charge in [-0.15, -0.1) is 11.3 Å². The molecule has 0 saturated carbocycles. The monoisotopic (exact) mass is 444 g/mol. The van der Waals surface area contributed by atoms with Gasteiger partial charge in [0.2, 0.25) is 5.91 Å². The predicted molar refractivity (Wildman–Crippen MR) is 116 cm³/mol. The van der Waals surface area contributed by atoms with E-state index in [0.29, 0.717) is 16.3 Å². The summed E-state index contributed by atoms with van der Waals surface area (Å²) >= 11 is 1.25. The van der Waals surface area contributed by atoms with Crippen molar-refractivity contribution >= 4 is 54.8 Å². The number of aryl methyl sites for hydroxylation is 2. The number of carbonyl (C=O) groups is 2. The standard InChI is InChI=1S/C20H20N4O4S2/c1-11(25)24-30(27,28)14-8-6-13(7-9-14)22-19(26)18-17(21)15-10-12-4-2-3-5-16(12)23-20(15)29-18/h6-10H,2-5,21H2,1H3,(H,22,26)(H,24,25). The SMILES string of the molecule is CC(=O)NS(=O)(=O)c1ccc(NC(=O)c2sc3nc4c(cc3c2N)CCCC4)cc1. The van der Waals surface area contributed by atoms with Gasteiger partial charge in [0.25, 0.3) is 15.9 Å². The zero-order valence-corrected chi connectivity index (χ0v) is 17.8. The van der Waals surface area contributed by atoms with E-state index < -0.39 is 15.9 Å². The highest BCUT2D eigenvalue weighted by atomic mass is 32.2. The van der Waals surface area contributed by atoms with E-state index in [2.05, 4.69) is 5.32 Å². The molecule has 3 aromatic rings. The minimum absolute atomic E-state index is 0.0770. The molecule has 0 bridgehead atoms. The Hall–Kier alpha value is -2.98. The van der Waals surface area contributed by atoms with Crippen molar-refractivity contribution in [1.29, 1.82) is 0 Å². The summed E-state index contributed by atoms with van der Waals surface area (Å²) in [5.74, 6) is -1.06. The van der Waals surface area contributed by atoms with Crippen molar-refractivity contribution in [2.45, 2.75) is 37.5 Å². The number of pyridine rings is 1. The van der Waals surface area contributed by atoms with Crippen molar-refractivity contribution in [3.8, 4) is 0 Å². The first-order chi connectivity index (χ1) is 14.2. The smallest absolute Gasteiger partial charge is 0.267 e. The van der Waals surface area contributed by atoms with E-state index in [1.54, 1.807) is 0 Å². The normalized spacial score (nSPS) is 13.6.